The van der Waals surface area contributed by atoms with Gasteiger partial charge in [-0.15, -0.1) is 0 Å². The number of nitrogens with zero attached hydrogens (tertiary/aromatic N) is 2. The second-order valence-electron chi connectivity index (χ2n) is 7.11. The van der Waals surface area contributed by atoms with Crippen molar-refractivity contribution in [2.45, 2.75) is 24.4 Å². The van der Waals surface area contributed by atoms with Crippen molar-refractivity contribution in [2.24, 2.45) is 0 Å². The van der Waals surface area contributed by atoms with Gasteiger partial charge in [-0.05, 0) is 24.3 Å². The number of aromatic nitrogens is 2. The number of rotatable bonds is 6. The van der Waals surface area contributed by atoms with E-state index >= 15 is 0 Å². The topological polar surface area (TPSA) is 110 Å². The molecule has 5 rings (SSSR count). The lowest BCUT2D eigenvalue weighted by Gasteiger charge is -2.18. The number of carbonyl (C=O) groups excluding carboxylic acids is 1. The first-order valence-electron chi connectivity index (χ1n) is 9.62. The molecule has 1 N–H and O–H groups in total. The van der Waals surface area contributed by atoms with E-state index in [4.69, 9.17) is 23.7 Å². The van der Waals surface area contributed by atoms with E-state index in [1.165, 1.54) is 7.11 Å². The predicted octanol–water partition coefficient (Wildman–Crippen LogP) is 1.01. The summed E-state index contributed by atoms with van der Waals surface area (Å²) in [5, 5.41) is 3.30. The van der Waals surface area contributed by atoms with Crippen molar-refractivity contribution < 1.29 is 33.2 Å². The summed E-state index contributed by atoms with van der Waals surface area (Å²) in [6.07, 6.45) is 0.900. The van der Waals surface area contributed by atoms with Gasteiger partial charge in [-0.3, -0.25) is 0 Å². The Morgan fingerprint density at radius 2 is 2.03 bits per heavy atom. The first-order valence-corrected chi connectivity index (χ1v) is 9.62. The van der Waals surface area contributed by atoms with Gasteiger partial charge < -0.3 is 33.7 Å². The normalized spacial score (nSPS) is 26.4. The highest BCUT2D eigenvalue weighted by molar-refractivity contribution is 5.70. The first-order chi connectivity index (χ1) is 14.7. The molecule has 3 aliphatic heterocycles. The Labute approximate surface area is 172 Å². The molecule has 2 saturated heterocycles. The van der Waals surface area contributed by atoms with Gasteiger partial charge in [0, 0.05) is 11.8 Å². The minimum absolute atomic E-state index is 0.129. The van der Waals surface area contributed by atoms with E-state index in [2.05, 4.69) is 20.0 Å². The number of nitrogens with one attached hydrogen (secondary N) is 1. The zero-order valence-electron chi connectivity index (χ0n) is 16.3. The molecule has 30 heavy (non-hydrogen) atoms. The summed E-state index contributed by atoms with van der Waals surface area (Å²) >= 11 is 0. The van der Waals surface area contributed by atoms with Crippen LogP contribution in [0.1, 0.15) is 0 Å². The van der Waals surface area contributed by atoms with E-state index in [1.54, 1.807) is 6.20 Å². The maximum atomic E-state index is 11.3. The second-order valence-corrected chi connectivity index (χ2v) is 7.11. The van der Waals surface area contributed by atoms with Crippen molar-refractivity contribution in [3.8, 4) is 22.8 Å². The van der Waals surface area contributed by atoms with Crippen molar-refractivity contribution in [1.82, 2.24) is 9.97 Å². The van der Waals surface area contributed by atoms with Crippen LogP contribution in [0.4, 0.5) is 5.95 Å². The van der Waals surface area contributed by atoms with E-state index in [0.29, 0.717) is 24.9 Å². The Bertz CT molecular complexity index is 940. The first kappa shape index (κ1) is 19.0. The maximum absolute atomic E-state index is 11.3. The summed E-state index contributed by atoms with van der Waals surface area (Å²) in [6.45, 7) is 0.869. The molecule has 2 aromatic rings. The lowest BCUT2D eigenvalue weighted by molar-refractivity contribution is -0.149. The van der Waals surface area contributed by atoms with Crippen molar-refractivity contribution in [2.75, 3.05) is 39.0 Å². The fraction of sp³-hybridized carbons (Fsp3) is 0.450. The average Bonchev–Trinajstić information content (AvgIpc) is 3.49. The van der Waals surface area contributed by atoms with Gasteiger partial charge >= 0.3 is 5.97 Å². The molecule has 0 spiro atoms. The Hall–Kier alpha value is -2.95. The lowest BCUT2D eigenvalue weighted by Crippen LogP contribution is -2.37. The van der Waals surface area contributed by atoms with Crippen LogP contribution >= 0.6 is 0 Å². The van der Waals surface area contributed by atoms with Crippen LogP contribution in [0.15, 0.2) is 30.5 Å². The monoisotopic (exact) mass is 415 g/mol. The fourth-order valence-corrected chi connectivity index (χ4v) is 3.78. The smallest absolute Gasteiger partial charge is 0.331 e. The van der Waals surface area contributed by atoms with Gasteiger partial charge in [0.25, 0.3) is 0 Å². The summed E-state index contributed by atoms with van der Waals surface area (Å²) < 4.78 is 32.7. The Morgan fingerprint density at radius 3 is 2.93 bits per heavy atom. The summed E-state index contributed by atoms with van der Waals surface area (Å²) in [7, 11) is 1.32. The van der Waals surface area contributed by atoms with Crippen molar-refractivity contribution in [1.29, 1.82) is 0 Å². The van der Waals surface area contributed by atoms with Crippen LogP contribution < -0.4 is 14.8 Å². The lowest BCUT2D eigenvalue weighted by atomic mass is 10.1. The van der Waals surface area contributed by atoms with Crippen LogP contribution in [-0.4, -0.2) is 74.0 Å². The van der Waals surface area contributed by atoms with Gasteiger partial charge in [0.1, 0.15) is 24.9 Å². The van der Waals surface area contributed by atoms with Crippen molar-refractivity contribution >= 4 is 11.9 Å². The van der Waals surface area contributed by atoms with Gasteiger partial charge in [0.05, 0.1) is 32.1 Å². The van der Waals surface area contributed by atoms with Crippen LogP contribution in [0.25, 0.3) is 11.3 Å². The molecule has 3 aliphatic rings. The number of ether oxygens (including phenoxy) is 6. The van der Waals surface area contributed by atoms with E-state index < -0.39 is 5.97 Å². The molecule has 0 bridgehead atoms. The molecule has 158 valence electrons. The molecule has 1 aromatic heterocycles. The fourth-order valence-electron chi connectivity index (χ4n) is 3.78. The second kappa shape index (κ2) is 8.05. The highest BCUT2D eigenvalue weighted by atomic mass is 16.7. The third-order valence-electron chi connectivity index (χ3n) is 5.29. The quantitative estimate of drug-likeness (QED) is 0.686. The summed E-state index contributed by atoms with van der Waals surface area (Å²) in [5.74, 6) is 1.47. The van der Waals surface area contributed by atoms with Crippen LogP contribution in [0, 0.1) is 0 Å². The van der Waals surface area contributed by atoms with Crippen LogP contribution in [0.3, 0.4) is 0 Å². The summed E-state index contributed by atoms with van der Waals surface area (Å²) in [4.78, 5) is 20.2. The number of esters is 1. The van der Waals surface area contributed by atoms with Crippen LogP contribution in [0.2, 0.25) is 0 Å². The van der Waals surface area contributed by atoms with E-state index in [-0.39, 0.29) is 37.8 Å². The molecule has 0 unspecified atom stereocenters. The molecule has 0 radical (unpaired) electrons. The SMILES string of the molecule is COC(=O)CO[C@@H]1CO[C@H]2[C@@H]1OC[C@@H]2Nc1nccc(-c2ccc3c(c2)OCO3)n1. The number of benzene rings is 1. The minimum atomic E-state index is -0.431. The molecule has 1 aromatic carbocycles. The van der Waals surface area contributed by atoms with Gasteiger partial charge in [0.2, 0.25) is 12.7 Å². The molecule has 10 nitrogen and oxygen atoms in total. The van der Waals surface area contributed by atoms with Crippen molar-refractivity contribution in [3.05, 3.63) is 30.5 Å². The van der Waals surface area contributed by atoms with Crippen molar-refractivity contribution in [3.63, 3.8) is 0 Å². The molecule has 2 fully saturated rings. The van der Waals surface area contributed by atoms with Gasteiger partial charge in [0.15, 0.2) is 11.5 Å². The minimum Gasteiger partial charge on any atom is -0.467 e. The molecular weight excluding hydrogens is 394 g/mol. The van der Waals surface area contributed by atoms with E-state index in [9.17, 15) is 4.79 Å². The Kier molecular flexibility index (Phi) is 5.11. The van der Waals surface area contributed by atoms with Gasteiger partial charge in [-0.2, -0.15) is 0 Å². The molecular formula is C20H21N3O7. The zero-order chi connectivity index (χ0) is 20.5. The highest BCUT2D eigenvalue weighted by Gasteiger charge is 2.48. The number of fused-ring (bicyclic) bond motifs is 2. The Balaban J connectivity index is 1.25. The summed E-state index contributed by atoms with van der Waals surface area (Å²) in [5.41, 5.74) is 1.66. The Morgan fingerprint density at radius 1 is 1.17 bits per heavy atom. The summed E-state index contributed by atoms with van der Waals surface area (Å²) in [6, 6.07) is 7.39. The standard InChI is InChI=1S/C20H21N3O7/c1-25-17(24)9-26-16-8-28-18-13(7-27-19(16)18)23-20-21-5-4-12(22-20)11-2-3-14-15(6-11)30-10-29-14/h2-6,13,16,18-19H,7-10H2,1H3,(H,21,22,23)/t13-,16+,18+,19+/m0/s1. The molecule has 0 saturated carbocycles. The number of hydrogen-bond donors (Lipinski definition) is 1. The molecule has 10 heteroatoms. The molecule has 0 amide bonds. The average molecular weight is 415 g/mol. The maximum Gasteiger partial charge on any atom is 0.331 e. The van der Waals surface area contributed by atoms with Crippen LogP contribution in [-0.2, 0) is 23.7 Å². The largest absolute Gasteiger partial charge is 0.467 e. The van der Waals surface area contributed by atoms with Gasteiger partial charge in [-0.1, -0.05) is 0 Å². The van der Waals surface area contributed by atoms with Gasteiger partial charge in [-0.25, -0.2) is 14.8 Å². The third-order valence-corrected chi connectivity index (χ3v) is 5.29. The molecule has 0 aliphatic carbocycles. The number of anilines is 1. The third kappa shape index (κ3) is 3.64. The zero-order valence-corrected chi connectivity index (χ0v) is 16.3. The van der Waals surface area contributed by atoms with Crippen LogP contribution in [0.5, 0.6) is 11.5 Å². The highest BCUT2D eigenvalue weighted by Crippen LogP contribution is 2.35. The number of methoxy groups -OCH3 is 1. The number of hydrogen-bond acceptors (Lipinski definition) is 10. The van der Waals surface area contributed by atoms with E-state index in [1.807, 2.05) is 24.3 Å². The molecule has 4 heterocycles. The van der Waals surface area contributed by atoms with E-state index in [0.717, 1.165) is 17.0 Å². The molecule has 4 atom stereocenters. The predicted molar refractivity (Wildman–Crippen MR) is 102 cm³/mol. The number of carbonyl (C=O) groups is 1.